The van der Waals surface area contributed by atoms with E-state index < -0.39 is 17.7 Å². The zero-order valence-corrected chi connectivity index (χ0v) is 10.2. The van der Waals surface area contributed by atoms with Crippen LogP contribution in [0.1, 0.15) is 10.9 Å². The van der Waals surface area contributed by atoms with E-state index in [1.807, 2.05) is 0 Å². The number of hydrogen-bond donors (Lipinski definition) is 0. The molecular formula is C12H9ClF4N2. The normalized spacial score (nSPS) is 13.8. The highest BCUT2D eigenvalue weighted by Gasteiger charge is 2.49. The molecule has 0 fully saturated rings. The van der Waals surface area contributed by atoms with E-state index in [4.69, 9.17) is 11.6 Å². The van der Waals surface area contributed by atoms with Gasteiger partial charge in [-0.1, -0.05) is 18.2 Å². The lowest BCUT2D eigenvalue weighted by atomic mass is 10.1. The lowest BCUT2D eigenvalue weighted by Crippen LogP contribution is -2.31. The van der Waals surface area contributed by atoms with Crippen LogP contribution in [0.5, 0.6) is 0 Å². The van der Waals surface area contributed by atoms with Gasteiger partial charge in [0, 0.05) is 11.8 Å². The Hall–Kier alpha value is -1.56. The third kappa shape index (κ3) is 2.73. The molecule has 0 bridgehead atoms. The summed E-state index contributed by atoms with van der Waals surface area (Å²) in [5, 5.41) is 1.71. The van der Waals surface area contributed by atoms with Crippen LogP contribution in [0.15, 0.2) is 42.7 Å². The van der Waals surface area contributed by atoms with Gasteiger partial charge in [-0.15, -0.1) is 11.6 Å². The molecular weight excluding hydrogens is 284 g/mol. The highest BCUT2D eigenvalue weighted by molar-refractivity contribution is 6.21. The van der Waals surface area contributed by atoms with Crippen LogP contribution < -0.4 is 0 Å². The first-order valence-electron chi connectivity index (χ1n) is 5.33. The minimum Gasteiger partial charge on any atom is -0.241 e. The summed E-state index contributed by atoms with van der Waals surface area (Å²) in [5.74, 6) is -4.30. The molecule has 0 saturated carbocycles. The number of aromatic nitrogens is 2. The van der Waals surface area contributed by atoms with E-state index in [0.717, 1.165) is 6.20 Å². The van der Waals surface area contributed by atoms with E-state index in [2.05, 4.69) is 5.10 Å². The molecule has 0 aliphatic rings. The summed E-state index contributed by atoms with van der Waals surface area (Å²) in [7, 11) is 0. The van der Waals surface area contributed by atoms with Gasteiger partial charge in [0.25, 0.3) is 0 Å². The smallest absolute Gasteiger partial charge is 0.241 e. The molecule has 0 spiro atoms. The lowest BCUT2D eigenvalue weighted by Gasteiger charge is -2.19. The summed E-state index contributed by atoms with van der Waals surface area (Å²) >= 11 is 5.41. The van der Waals surface area contributed by atoms with Crippen LogP contribution in [-0.4, -0.2) is 22.1 Å². The van der Waals surface area contributed by atoms with Gasteiger partial charge in [-0.3, -0.25) is 0 Å². The number of para-hydroxylation sites is 1. The number of alkyl halides is 5. The predicted molar refractivity (Wildman–Crippen MR) is 63.1 cm³/mol. The van der Waals surface area contributed by atoms with E-state index >= 15 is 0 Å². The molecule has 2 rings (SSSR count). The lowest BCUT2D eigenvalue weighted by molar-refractivity contribution is -0.130. The van der Waals surface area contributed by atoms with Crippen LogP contribution in [0, 0.1) is 0 Å². The molecule has 102 valence electrons. The quantitative estimate of drug-likeness (QED) is 0.614. The van der Waals surface area contributed by atoms with Crippen molar-refractivity contribution in [3.05, 3.63) is 48.3 Å². The number of rotatable bonds is 4. The highest BCUT2D eigenvalue weighted by Crippen LogP contribution is 2.41. The van der Waals surface area contributed by atoms with E-state index in [9.17, 15) is 17.6 Å². The first-order valence-corrected chi connectivity index (χ1v) is 5.76. The highest BCUT2D eigenvalue weighted by atomic mass is 35.5. The SMILES string of the molecule is FC(F)C(F)(F)C(Cl)c1cnn(-c2ccccc2)c1. The summed E-state index contributed by atoms with van der Waals surface area (Å²) < 4.78 is 52.0. The minimum atomic E-state index is -4.30. The Morgan fingerprint density at radius 1 is 1.16 bits per heavy atom. The average Bonchev–Trinajstić information content (AvgIpc) is 2.88. The summed E-state index contributed by atoms with van der Waals surface area (Å²) in [4.78, 5) is 0. The monoisotopic (exact) mass is 292 g/mol. The average molecular weight is 293 g/mol. The van der Waals surface area contributed by atoms with Gasteiger partial charge in [-0.05, 0) is 12.1 Å². The van der Waals surface area contributed by atoms with Crippen molar-refractivity contribution in [2.75, 3.05) is 0 Å². The van der Waals surface area contributed by atoms with Crippen molar-refractivity contribution in [3.8, 4) is 5.69 Å². The summed E-state index contributed by atoms with van der Waals surface area (Å²) in [6.45, 7) is 0. The topological polar surface area (TPSA) is 17.8 Å². The molecule has 0 radical (unpaired) electrons. The number of benzene rings is 1. The fourth-order valence-corrected chi connectivity index (χ4v) is 1.73. The van der Waals surface area contributed by atoms with Gasteiger partial charge in [0.15, 0.2) is 0 Å². The van der Waals surface area contributed by atoms with Crippen molar-refractivity contribution in [3.63, 3.8) is 0 Å². The van der Waals surface area contributed by atoms with E-state index in [-0.39, 0.29) is 5.56 Å². The molecule has 2 aromatic rings. The van der Waals surface area contributed by atoms with Gasteiger partial charge in [0.05, 0.1) is 11.9 Å². The standard InChI is InChI=1S/C12H9ClF4N2/c13-10(12(16,17)11(14)15)8-6-18-19(7-8)9-4-2-1-3-5-9/h1-7,10-11H. The third-order valence-corrected chi connectivity index (χ3v) is 3.09. The van der Waals surface area contributed by atoms with Gasteiger partial charge in [0.1, 0.15) is 5.38 Å². The summed E-state index contributed by atoms with van der Waals surface area (Å²) in [6, 6.07) is 8.66. The van der Waals surface area contributed by atoms with Crippen LogP contribution in [0.3, 0.4) is 0 Å². The zero-order chi connectivity index (χ0) is 14.0. The van der Waals surface area contributed by atoms with Gasteiger partial charge < -0.3 is 0 Å². The second-order valence-corrected chi connectivity index (χ2v) is 4.33. The maximum atomic E-state index is 13.1. The number of hydrogen-bond acceptors (Lipinski definition) is 1. The van der Waals surface area contributed by atoms with Gasteiger partial charge in [0.2, 0.25) is 0 Å². The Labute approximate surface area is 111 Å². The molecule has 1 atom stereocenters. The van der Waals surface area contributed by atoms with Crippen molar-refractivity contribution in [2.24, 2.45) is 0 Å². The Balaban J connectivity index is 2.27. The molecule has 0 aliphatic heterocycles. The maximum absolute atomic E-state index is 13.1. The van der Waals surface area contributed by atoms with E-state index in [1.54, 1.807) is 30.3 Å². The Morgan fingerprint density at radius 2 is 1.79 bits per heavy atom. The first kappa shape index (κ1) is 13.9. The zero-order valence-electron chi connectivity index (χ0n) is 9.48. The van der Waals surface area contributed by atoms with Crippen LogP contribution in [0.2, 0.25) is 0 Å². The summed E-state index contributed by atoms with van der Waals surface area (Å²) in [5.41, 5.74) is 0.466. The van der Waals surface area contributed by atoms with Crippen molar-refractivity contribution >= 4 is 11.6 Å². The van der Waals surface area contributed by atoms with Gasteiger partial charge >= 0.3 is 12.3 Å². The molecule has 19 heavy (non-hydrogen) atoms. The molecule has 1 heterocycles. The molecule has 0 N–H and O–H groups in total. The van der Waals surface area contributed by atoms with Crippen molar-refractivity contribution < 1.29 is 17.6 Å². The van der Waals surface area contributed by atoms with Gasteiger partial charge in [-0.25, -0.2) is 13.5 Å². The molecule has 1 aromatic carbocycles. The molecule has 7 heteroatoms. The van der Waals surface area contributed by atoms with E-state index in [1.165, 1.54) is 10.9 Å². The number of nitrogens with zero attached hydrogens (tertiary/aromatic N) is 2. The van der Waals surface area contributed by atoms with Gasteiger partial charge in [-0.2, -0.15) is 13.9 Å². The van der Waals surface area contributed by atoms with Crippen LogP contribution in [-0.2, 0) is 0 Å². The van der Waals surface area contributed by atoms with Crippen LogP contribution >= 0.6 is 11.6 Å². The fourth-order valence-electron chi connectivity index (χ4n) is 1.52. The first-order chi connectivity index (χ1) is 8.93. The Bertz CT molecular complexity index is 542. The summed E-state index contributed by atoms with van der Waals surface area (Å²) in [6.07, 6.45) is -1.56. The van der Waals surface area contributed by atoms with Crippen LogP contribution in [0.4, 0.5) is 17.6 Å². The minimum absolute atomic E-state index is 0.157. The third-order valence-electron chi connectivity index (χ3n) is 2.54. The van der Waals surface area contributed by atoms with E-state index in [0.29, 0.717) is 5.69 Å². The molecule has 0 saturated heterocycles. The number of halogens is 5. The molecule has 1 unspecified atom stereocenters. The van der Waals surface area contributed by atoms with Crippen LogP contribution in [0.25, 0.3) is 5.69 Å². The Morgan fingerprint density at radius 3 is 2.37 bits per heavy atom. The maximum Gasteiger partial charge on any atom is 0.327 e. The van der Waals surface area contributed by atoms with Crippen molar-refractivity contribution in [1.29, 1.82) is 0 Å². The van der Waals surface area contributed by atoms with Crippen molar-refractivity contribution in [2.45, 2.75) is 17.7 Å². The largest absolute Gasteiger partial charge is 0.327 e. The Kier molecular flexibility index (Phi) is 3.80. The molecule has 0 aliphatic carbocycles. The predicted octanol–water partition coefficient (Wildman–Crippen LogP) is 4.05. The molecule has 0 amide bonds. The second-order valence-electron chi connectivity index (χ2n) is 3.89. The molecule has 2 nitrogen and oxygen atoms in total. The second kappa shape index (κ2) is 5.21. The van der Waals surface area contributed by atoms with Crippen molar-refractivity contribution in [1.82, 2.24) is 9.78 Å². The fraction of sp³-hybridized carbons (Fsp3) is 0.250. The molecule has 1 aromatic heterocycles.